The highest BCUT2D eigenvalue weighted by atomic mass is 32.2. The van der Waals surface area contributed by atoms with Crippen molar-refractivity contribution in [2.24, 2.45) is 5.16 Å². The lowest BCUT2D eigenvalue weighted by Crippen LogP contribution is -2.29. The monoisotopic (exact) mass is 456 g/mol. The number of sulfonamides is 1. The maximum absolute atomic E-state index is 12.7. The molecular formula is C20H19F3N2O5S. The lowest BCUT2D eigenvalue weighted by Gasteiger charge is -2.11. The van der Waals surface area contributed by atoms with Crippen molar-refractivity contribution in [3.8, 4) is 0 Å². The van der Waals surface area contributed by atoms with Gasteiger partial charge in [0.1, 0.15) is 5.71 Å². The van der Waals surface area contributed by atoms with E-state index in [-0.39, 0.29) is 28.9 Å². The number of carbonyl (C=O) groups excluding carboxylic acids is 2. The van der Waals surface area contributed by atoms with E-state index in [2.05, 4.69) is 5.16 Å². The third-order valence-corrected chi connectivity index (χ3v) is 5.10. The Labute approximate surface area is 177 Å². The van der Waals surface area contributed by atoms with Crippen LogP contribution in [-0.4, -0.2) is 31.4 Å². The van der Waals surface area contributed by atoms with Gasteiger partial charge >= 0.3 is 21.5 Å². The predicted molar refractivity (Wildman–Crippen MR) is 108 cm³/mol. The number of halogens is 3. The summed E-state index contributed by atoms with van der Waals surface area (Å²) in [6, 6.07) is 12.4. The van der Waals surface area contributed by atoms with Gasteiger partial charge in [-0.3, -0.25) is 9.52 Å². The Bertz CT molecular complexity index is 1050. The summed E-state index contributed by atoms with van der Waals surface area (Å²) in [5.41, 5.74) is -5.59. The Morgan fingerprint density at radius 3 is 2.16 bits per heavy atom. The van der Waals surface area contributed by atoms with Crippen molar-refractivity contribution in [3.05, 3.63) is 65.7 Å². The highest BCUT2D eigenvalue weighted by Crippen LogP contribution is 2.25. The number of nitrogens with one attached hydrogen (secondary N) is 1. The zero-order valence-electron chi connectivity index (χ0n) is 16.3. The molecule has 0 aliphatic heterocycles. The molecule has 1 N–H and O–H groups in total. The Kier molecular flexibility index (Phi) is 7.92. The van der Waals surface area contributed by atoms with E-state index in [1.807, 2.05) is 6.92 Å². The Morgan fingerprint density at radius 1 is 1.00 bits per heavy atom. The van der Waals surface area contributed by atoms with Crippen molar-refractivity contribution in [3.63, 3.8) is 0 Å². The van der Waals surface area contributed by atoms with Crippen LogP contribution in [0.1, 0.15) is 46.9 Å². The maximum Gasteiger partial charge on any atom is 0.516 e. The van der Waals surface area contributed by atoms with Crippen LogP contribution in [0, 0.1) is 0 Å². The Balaban J connectivity index is 2.18. The van der Waals surface area contributed by atoms with Gasteiger partial charge in [0.05, 0.1) is 5.56 Å². The summed E-state index contributed by atoms with van der Waals surface area (Å²) in [6.07, 6.45) is 1.52. The Morgan fingerprint density at radius 2 is 1.61 bits per heavy atom. The number of hydrogen-bond donors (Lipinski definition) is 1. The van der Waals surface area contributed by atoms with Crippen LogP contribution in [0.25, 0.3) is 0 Å². The van der Waals surface area contributed by atoms with E-state index in [9.17, 15) is 31.2 Å². The van der Waals surface area contributed by atoms with Gasteiger partial charge in [-0.1, -0.05) is 36.7 Å². The second-order valence-electron chi connectivity index (χ2n) is 6.34. The lowest BCUT2D eigenvalue weighted by atomic mass is 10.0. The van der Waals surface area contributed by atoms with E-state index in [4.69, 9.17) is 4.84 Å². The number of unbranched alkanes of at least 4 members (excludes halogenated alkanes) is 1. The molecular weight excluding hydrogens is 437 g/mol. The number of ketones is 1. The number of rotatable bonds is 9. The molecule has 0 bridgehead atoms. The normalized spacial score (nSPS) is 12.3. The topological polar surface area (TPSA) is 102 Å². The van der Waals surface area contributed by atoms with Crippen LogP contribution < -0.4 is 4.72 Å². The fourth-order valence-electron chi connectivity index (χ4n) is 2.34. The minimum atomic E-state index is -5.57. The van der Waals surface area contributed by atoms with E-state index < -0.39 is 27.3 Å². The third-order valence-electron chi connectivity index (χ3n) is 3.98. The highest BCUT2D eigenvalue weighted by molar-refractivity contribution is 7.93. The summed E-state index contributed by atoms with van der Waals surface area (Å²) >= 11 is 0. The van der Waals surface area contributed by atoms with Crippen LogP contribution in [0.4, 0.5) is 18.9 Å². The summed E-state index contributed by atoms with van der Waals surface area (Å²) in [6.45, 7) is 1.89. The molecule has 0 fully saturated rings. The molecule has 0 unspecified atom stereocenters. The SMILES string of the molecule is CCCC/C(=N\OC(=O)c1ccccc1)C(=O)c1ccc(NS(=O)(=O)C(F)(F)F)cc1. The second-order valence-corrected chi connectivity index (χ2v) is 8.02. The molecule has 11 heteroatoms. The van der Waals surface area contributed by atoms with Gasteiger partial charge in [0.2, 0.25) is 5.78 Å². The fourth-order valence-corrected chi connectivity index (χ4v) is 2.90. The molecule has 2 rings (SSSR count). The zero-order valence-corrected chi connectivity index (χ0v) is 17.2. The van der Waals surface area contributed by atoms with Gasteiger partial charge in [0, 0.05) is 11.3 Å². The largest absolute Gasteiger partial charge is 0.516 e. The molecule has 0 atom stereocenters. The number of benzene rings is 2. The van der Waals surface area contributed by atoms with Crippen LogP contribution in [0.15, 0.2) is 59.8 Å². The van der Waals surface area contributed by atoms with Gasteiger partial charge in [0.25, 0.3) is 0 Å². The summed E-state index contributed by atoms with van der Waals surface area (Å²) in [7, 11) is -5.57. The van der Waals surface area contributed by atoms with Gasteiger partial charge in [-0.25, -0.2) is 4.79 Å². The van der Waals surface area contributed by atoms with Gasteiger partial charge in [0.15, 0.2) is 0 Å². The van der Waals surface area contributed by atoms with Crippen molar-refractivity contribution >= 4 is 33.2 Å². The molecule has 31 heavy (non-hydrogen) atoms. The van der Waals surface area contributed by atoms with Gasteiger partial charge in [-0.15, -0.1) is 0 Å². The second kappa shape index (κ2) is 10.2. The van der Waals surface area contributed by atoms with Crippen molar-refractivity contribution in [1.29, 1.82) is 0 Å². The van der Waals surface area contributed by atoms with Gasteiger partial charge in [-0.2, -0.15) is 21.6 Å². The quantitative estimate of drug-likeness (QED) is 0.258. The fraction of sp³-hybridized carbons (Fsp3) is 0.250. The van der Waals surface area contributed by atoms with Crippen molar-refractivity contribution < 1.29 is 36.0 Å². The minimum Gasteiger partial charge on any atom is -0.312 e. The maximum atomic E-state index is 12.7. The number of oxime groups is 1. The highest BCUT2D eigenvalue weighted by Gasteiger charge is 2.46. The molecule has 166 valence electrons. The van der Waals surface area contributed by atoms with Gasteiger partial charge < -0.3 is 4.84 Å². The van der Waals surface area contributed by atoms with Crippen molar-refractivity contribution in [1.82, 2.24) is 0 Å². The summed E-state index contributed by atoms with van der Waals surface area (Å²) in [5, 5.41) is 3.69. The summed E-state index contributed by atoms with van der Waals surface area (Å²) in [5.74, 6) is -1.35. The van der Waals surface area contributed by atoms with Gasteiger partial charge in [-0.05, 0) is 49.2 Å². The van der Waals surface area contributed by atoms with E-state index in [1.165, 1.54) is 16.9 Å². The molecule has 0 heterocycles. The molecule has 0 saturated heterocycles. The molecule has 7 nitrogen and oxygen atoms in total. The smallest absolute Gasteiger partial charge is 0.312 e. The number of nitrogens with zero attached hydrogens (tertiary/aromatic N) is 1. The van der Waals surface area contributed by atoms with Crippen LogP contribution >= 0.6 is 0 Å². The third kappa shape index (κ3) is 6.64. The number of carbonyl (C=O) groups is 2. The average Bonchev–Trinajstić information content (AvgIpc) is 2.73. The lowest BCUT2D eigenvalue weighted by molar-refractivity contribution is -0.0429. The number of hydrogen-bond acceptors (Lipinski definition) is 6. The first-order valence-corrected chi connectivity index (χ1v) is 10.6. The molecule has 0 aliphatic carbocycles. The number of anilines is 1. The first kappa shape index (κ1) is 24.1. The molecule has 0 spiro atoms. The molecule has 2 aromatic carbocycles. The van der Waals surface area contributed by atoms with Crippen LogP contribution in [0.2, 0.25) is 0 Å². The standard InChI is InChI=1S/C20H19F3N2O5S/c1-2-3-9-17(24-30-19(27)15-7-5-4-6-8-15)18(26)14-10-12-16(13-11-14)25-31(28,29)20(21,22)23/h4-8,10-13,25H,2-3,9H2,1H3/b24-17+. The molecule has 2 aromatic rings. The molecule has 0 amide bonds. The van der Waals surface area contributed by atoms with E-state index in [1.54, 1.807) is 18.2 Å². The minimum absolute atomic E-state index is 0.0422. The molecule has 0 saturated carbocycles. The van der Waals surface area contributed by atoms with Crippen molar-refractivity contribution in [2.45, 2.75) is 31.7 Å². The van der Waals surface area contributed by atoms with Crippen LogP contribution in [-0.2, 0) is 14.9 Å². The number of alkyl halides is 3. The molecule has 0 aromatic heterocycles. The van der Waals surface area contributed by atoms with Crippen molar-refractivity contribution in [2.75, 3.05) is 4.72 Å². The first-order valence-electron chi connectivity index (χ1n) is 9.12. The average molecular weight is 456 g/mol. The first-order chi connectivity index (χ1) is 14.5. The predicted octanol–water partition coefficient (Wildman–Crippen LogP) is 4.53. The summed E-state index contributed by atoms with van der Waals surface area (Å²) in [4.78, 5) is 29.6. The Hall–Kier alpha value is -3.21. The summed E-state index contributed by atoms with van der Waals surface area (Å²) < 4.78 is 61.1. The van der Waals surface area contributed by atoms with E-state index in [0.29, 0.717) is 6.42 Å². The van der Waals surface area contributed by atoms with E-state index >= 15 is 0 Å². The van der Waals surface area contributed by atoms with E-state index in [0.717, 1.165) is 30.7 Å². The van der Waals surface area contributed by atoms with Crippen LogP contribution in [0.3, 0.4) is 0 Å². The zero-order chi connectivity index (χ0) is 23.1. The number of Topliss-reactive ketones (excluding diaryl/α,β-unsaturated/α-hetero) is 1. The molecule has 0 aliphatic rings. The molecule has 0 radical (unpaired) electrons. The van der Waals surface area contributed by atoms with Crippen LogP contribution in [0.5, 0.6) is 0 Å².